The fraction of sp³-hybridized carbons (Fsp3) is 0.433. The Morgan fingerprint density at radius 1 is 0.872 bits per heavy atom. The number of rotatable bonds is 18. The molecule has 0 aromatic heterocycles. The summed E-state index contributed by atoms with van der Waals surface area (Å²) in [6.45, 7) is 3.84. The average Bonchev–Trinajstić information content (AvgIpc) is 2.95. The fourth-order valence-corrected chi connectivity index (χ4v) is 4.06. The molecule has 0 saturated carbocycles. The van der Waals surface area contributed by atoms with E-state index in [1.54, 1.807) is 6.08 Å². The Hall–Kier alpha value is -3.69. The van der Waals surface area contributed by atoms with Crippen molar-refractivity contribution in [2.75, 3.05) is 19.8 Å². The van der Waals surface area contributed by atoms with Crippen LogP contribution in [0.4, 0.5) is 4.79 Å². The van der Waals surface area contributed by atoms with Crippen molar-refractivity contribution in [1.82, 2.24) is 16.0 Å². The van der Waals surface area contributed by atoms with Gasteiger partial charge in [0.15, 0.2) is 0 Å². The molecule has 0 heterocycles. The van der Waals surface area contributed by atoms with Gasteiger partial charge in [-0.25, -0.2) is 4.79 Å². The molecule has 39 heavy (non-hydrogen) atoms. The van der Waals surface area contributed by atoms with Crippen molar-refractivity contribution >= 4 is 17.9 Å². The first-order chi connectivity index (χ1) is 18.9. The highest BCUT2D eigenvalue weighted by atomic mass is 16.5. The molecule has 5 N–H and O–H groups in total. The number of unbranched alkanes of at least 4 members (excludes halogenated alkanes) is 1. The molecule has 2 aromatic rings. The third-order valence-corrected chi connectivity index (χ3v) is 6.19. The molecule has 3 amide bonds. The predicted octanol–water partition coefficient (Wildman–Crippen LogP) is 2.86. The number of benzene rings is 2. The molecular weight excluding hydrogens is 498 g/mol. The Morgan fingerprint density at radius 2 is 1.51 bits per heavy atom. The van der Waals surface area contributed by atoms with Gasteiger partial charge in [-0.05, 0) is 43.2 Å². The molecule has 0 bridgehead atoms. The van der Waals surface area contributed by atoms with Crippen molar-refractivity contribution in [3.8, 4) is 0 Å². The van der Waals surface area contributed by atoms with Gasteiger partial charge < -0.3 is 30.9 Å². The molecule has 2 aromatic carbocycles. The van der Waals surface area contributed by atoms with Crippen LogP contribution in [0.5, 0.6) is 0 Å². The second-order valence-electron chi connectivity index (χ2n) is 9.43. The zero-order chi connectivity index (χ0) is 28.3. The van der Waals surface area contributed by atoms with Crippen LogP contribution in [0.15, 0.2) is 73.3 Å². The van der Waals surface area contributed by atoms with Crippen molar-refractivity contribution in [2.45, 2.75) is 57.2 Å². The van der Waals surface area contributed by atoms with Crippen molar-refractivity contribution in [3.63, 3.8) is 0 Å². The van der Waals surface area contributed by atoms with Crippen LogP contribution in [0, 0.1) is 5.92 Å². The summed E-state index contributed by atoms with van der Waals surface area (Å²) in [6, 6.07) is 18.0. The normalized spacial score (nSPS) is 13.0. The molecule has 3 atom stereocenters. The lowest BCUT2D eigenvalue weighted by Gasteiger charge is -2.22. The first-order valence-corrected chi connectivity index (χ1v) is 13.4. The number of aliphatic hydroxyl groups excluding tert-OH is 2. The van der Waals surface area contributed by atoms with E-state index in [1.807, 2.05) is 60.7 Å². The molecule has 0 aliphatic carbocycles. The van der Waals surface area contributed by atoms with Crippen molar-refractivity contribution in [3.05, 3.63) is 84.4 Å². The number of alkyl carbamates (subject to hydrolysis) is 1. The predicted molar refractivity (Wildman–Crippen MR) is 150 cm³/mol. The van der Waals surface area contributed by atoms with Crippen LogP contribution in [-0.4, -0.2) is 60.0 Å². The van der Waals surface area contributed by atoms with Gasteiger partial charge in [0.05, 0.1) is 31.2 Å². The lowest BCUT2D eigenvalue weighted by molar-refractivity contribution is -0.131. The summed E-state index contributed by atoms with van der Waals surface area (Å²) in [7, 11) is 0. The number of amides is 3. The summed E-state index contributed by atoms with van der Waals surface area (Å²) < 4.78 is 5.17. The molecule has 0 aliphatic heterocycles. The van der Waals surface area contributed by atoms with Gasteiger partial charge in [0, 0.05) is 13.0 Å². The number of nitrogens with one attached hydrogen (secondary N) is 3. The number of carbonyl (C=O) groups excluding carboxylic acids is 3. The lowest BCUT2D eigenvalue weighted by atomic mass is 9.98. The smallest absolute Gasteiger partial charge is 0.407 e. The molecule has 9 heteroatoms. The summed E-state index contributed by atoms with van der Waals surface area (Å²) in [5.74, 6) is -1.32. The Kier molecular flexibility index (Phi) is 15.0. The van der Waals surface area contributed by atoms with E-state index < -0.39 is 24.1 Å². The largest absolute Gasteiger partial charge is 0.445 e. The first kappa shape index (κ1) is 31.5. The highest BCUT2D eigenvalue weighted by Crippen LogP contribution is 2.12. The number of aliphatic hydroxyl groups is 2. The summed E-state index contributed by atoms with van der Waals surface area (Å²) >= 11 is 0. The Labute approximate surface area is 230 Å². The molecule has 0 saturated heterocycles. The Morgan fingerprint density at radius 3 is 2.13 bits per heavy atom. The maximum atomic E-state index is 12.9. The third-order valence-electron chi connectivity index (χ3n) is 6.19. The van der Waals surface area contributed by atoms with Crippen LogP contribution in [0.25, 0.3) is 0 Å². The van der Waals surface area contributed by atoms with Crippen LogP contribution >= 0.6 is 0 Å². The zero-order valence-electron chi connectivity index (χ0n) is 22.4. The molecular formula is C30H41N3O6. The Balaban J connectivity index is 1.71. The molecule has 0 fully saturated rings. The minimum absolute atomic E-state index is 0.0592. The molecule has 0 spiro atoms. The highest BCUT2D eigenvalue weighted by molar-refractivity contribution is 5.86. The lowest BCUT2D eigenvalue weighted by Crippen LogP contribution is -2.44. The van der Waals surface area contributed by atoms with Gasteiger partial charge in [-0.1, -0.05) is 66.7 Å². The van der Waals surface area contributed by atoms with E-state index in [0.717, 1.165) is 11.1 Å². The van der Waals surface area contributed by atoms with Gasteiger partial charge in [-0.2, -0.15) is 0 Å². The third kappa shape index (κ3) is 13.1. The summed E-state index contributed by atoms with van der Waals surface area (Å²) in [4.78, 5) is 37.4. The van der Waals surface area contributed by atoms with Crippen LogP contribution in [-0.2, 0) is 27.4 Å². The maximum absolute atomic E-state index is 12.9. The summed E-state index contributed by atoms with van der Waals surface area (Å²) in [5, 5.41) is 27.8. The van der Waals surface area contributed by atoms with E-state index in [1.165, 1.54) is 0 Å². The van der Waals surface area contributed by atoms with Gasteiger partial charge >= 0.3 is 6.09 Å². The number of hydrogen-bond acceptors (Lipinski definition) is 6. The summed E-state index contributed by atoms with van der Waals surface area (Å²) in [5.41, 5.74) is 1.89. The van der Waals surface area contributed by atoms with Crippen molar-refractivity contribution in [2.24, 2.45) is 5.92 Å². The first-order valence-electron chi connectivity index (χ1n) is 13.4. The standard InChI is InChI=1S/C30H41N3O6/c1-2-11-25(19-28(36)32-27(21-35)18-23-12-5-3-6-13-23)29(37)33-26(20-34)16-9-10-17-31-30(38)39-22-24-14-7-4-8-15-24/h2-8,12-15,25-27,34-35H,1,9-11,16-22H2,(H,31,38)(H,32,36)(H,33,37)/t25-,26+,27+/m1/s1. The van der Waals surface area contributed by atoms with Crippen LogP contribution in [0.2, 0.25) is 0 Å². The highest BCUT2D eigenvalue weighted by Gasteiger charge is 2.24. The van der Waals surface area contributed by atoms with Gasteiger partial charge in [0.1, 0.15) is 6.61 Å². The molecule has 0 radical (unpaired) electrons. The monoisotopic (exact) mass is 539 g/mol. The van der Waals surface area contributed by atoms with Crippen LogP contribution in [0.3, 0.4) is 0 Å². The number of hydrogen-bond donors (Lipinski definition) is 5. The van der Waals surface area contributed by atoms with E-state index >= 15 is 0 Å². The van der Waals surface area contributed by atoms with Gasteiger partial charge in [0.2, 0.25) is 11.8 Å². The van der Waals surface area contributed by atoms with E-state index in [4.69, 9.17) is 4.74 Å². The molecule has 0 unspecified atom stereocenters. The Bertz CT molecular complexity index is 1000. The van der Waals surface area contributed by atoms with Crippen LogP contribution in [0.1, 0.15) is 43.2 Å². The van der Waals surface area contributed by atoms with E-state index in [9.17, 15) is 24.6 Å². The number of allylic oxidation sites excluding steroid dienone is 1. The van der Waals surface area contributed by atoms with E-state index in [0.29, 0.717) is 38.6 Å². The SMILES string of the molecule is C=CC[C@H](CC(=O)N[C@H](CO)Cc1ccccc1)C(=O)N[C@H](CO)CCCCNC(=O)OCc1ccccc1. The van der Waals surface area contributed by atoms with Gasteiger partial charge in [0.25, 0.3) is 0 Å². The topological polar surface area (TPSA) is 137 Å². The van der Waals surface area contributed by atoms with Gasteiger partial charge in [-0.3, -0.25) is 9.59 Å². The minimum atomic E-state index is -0.645. The molecule has 212 valence electrons. The fourth-order valence-electron chi connectivity index (χ4n) is 4.06. The zero-order valence-corrected chi connectivity index (χ0v) is 22.4. The molecule has 2 rings (SSSR count). The van der Waals surface area contributed by atoms with E-state index in [-0.39, 0.29) is 38.1 Å². The second kappa shape index (κ2) is 18.5. The molecule has 9 nitrogen and oxygen atoms in total. The van der Waals surface area contributed by atoms with E-state index in [2.05, 4.69) is 22.5 Å². The maximum Gasteiger partial charge on any atom is 0.407 e. The number of ether oxygens (including phenoxy) is 1. The summed E-state index contributed by atoms with van der Waals surface area (Å²) in [6.07, 6.45) is 3.63. The minimum Gasteiger partial charge on any atom is -0.445 e. The van der Waals surface area contributed by atoms with Crippen molar-refractivity contribution < 1.29 is 29.3 Å². The van der Waals surface area contributed by atoms with Crippen molar-refractivity contribution in [1.29, 1.82) is 0 Å². The number of carbonyl (C=O) groups is 3. The second-order valence-corrected chi connectivity index (χ2v) is 9.43. The average molecular weight is 540 g/mol. The molecule has 0 aliphatic rings. The van der Waals surface area contributed by atoms with Crippen LogP contribution < -0.4 is 16.0 Å². The van der Waals surface area contributed by atoms with Gasteiger partial charge in [-0.15, -0.1) is 6.58 Å². The quantitative estimate of drug-likeness (QED) is 0.146.